The van der Waals surface area contributed by atoms with E-state index in [4.69, 9.17) is 40.5 Å². The number of pyridine rings is 1. The van der Waals surface area contributed by atoms with Gasteiger partial charge >= 0.3 is 0 Å². The molecule has 1 unspecified atom stereocenters. The van der Waals surface area contributed by atoms with Gasteiger partial charge in [0.2, 0.25) is 0 Å². The lowest BCUT2D eigenvalue weighted by Gasteiger charge is -2.13. The Morgan fingerprint density at radius 3 is 2.50 bits per heavy atom. The lowest BCUT2D eigenvalue weighted by molar-refractivity contribution is 0.721. The highest BCUT2D eigenvalue weighted by atomic mass is 35.5. The summed E-state index contributed by atoms with van der Waals surface area (Å²) >= 11 is 17.9. The highest BCUT2D eigenvalue weighted by Crippen LogP contribution is 2.27. The molecule has 1 atom stereocenters. The van der Waals surface area contributed by atoms with Crippen LogP contribution in [0, 0.1) is 0 Å². The number of nitrogens with zero attached hydrogens (tertiary/aromatic N) is 1. The van der Waals surface area contributed by atoms with Crippen molar-refractivity contribution in [2.45, 2.75) is 12.5 Å². The van der Waals surface area contributed by atoms with E-state index < -0.39 is 0 Å². The Morgan fingerprint density at radius 2 is 1.83 bits per heavy atom. The third-order valence-corrected chi connectivity index (χ3v) is 3.75. The third kappa shape index (κ3) is 3.15. The maximum atomic E-state index is 6.13. The Bertz CT molecular complexity index is 558. The standard InChI is InChI=1S/C13H11Cl3N2/c14-10-2-1-9(5-11(10)15)13(17)6-8-3-4-18-7-12(8)16/h1-5,7,13H,6,17H2. The lowest BCUT2D eigenvalue weighted by atomic mass is 10.0. The molecule has 2 aromatic rings. The summed E-state index contributed by atoms with van der Waals surface area (Å²) in [6, 6.07) is 7.07. The number of halogens is 3. The van der Waals surface area contributed by atoms with Crippen molar-refractivity contribution in [2.24, 2.45) is 5.73 Å². The second-order valence-corrected chi connectivity index (χ2v) is 5.17. The molecule has 0 radical (unpaired) electrons. The van der Waals surface area contributed by atoms with Crippen LogP contribution in [0.3, 0.4) is 0 Å². The second-order valence-electron chi connectivity index (χ2n) is 3.95. The van der Waals surface area contributed by atoms with Crippen LogP contribution in [-0.4, -0.2) is 4.98 Å². The summed E-state index contributed by atoms with van der Waals surface area (Å²) in [5.74, 6) is 0. The summed E-state index contributed by atoms with van der Waals surface area (Å²) in [7, 11) is 0. The number of hydrogen-bond donors (Lipinski definition) is 1. The van der Waals surface area contributed by atoms with Crippen molar-refractivity contribution in [2.75, 3.05) is 0 Å². The van der Waals surface area contributed by atoms with E-state index in [1.54, 1.807) is 24.5 Å². The van der Waals surface area contributed by atoms with Crippen LogP contribution >= 0.6 is 34.8 Å². The Balaban J connectivity index is 2.19. The van der Waals surface area contributed by atoms with Crippen LogP contribution < -0.4 is 5.73 Å². The van der Waals surface area contributed by atoms with E-state index in [2.05, 4.69) is 4.98 Å². The molecule has 0 aliphatic rings. The van der Waals surface area contributed by atoms with E-state index in [0.717, 1.165) is 11.1 Å². The van der Waals surface area contributed by atoms with Crippen molar-refractivity contribution in [1.82, 2.24) is 4.98 Å². The fraction of sp³-hybridized carbons (Fsp3) is 0.154. The largest absolute Gasteiger partial charge is 0.324 e. The first kappa shape index (κ1) is 13.6. The van der Waals surface area contributed by atoms with Crippen molar-refractivity contribution >= 4 is 34.8 Å². The normalized spacial score (nSPS) is 12.4. The van der Waals surface area contributed by atoms with E-state index >= 15 is 0 Å². The van der Waals surface area contributed by atoms with Crippen LogP contribution in [-0.2, 0) is 6.42 Å². The van der Waals surface area contributed by atoms with E-state index in [1.807, 2.05) is 12.1 Å². The number of aromatic nitrogens is 1. The van der Waals surface area contributed by atoms with Crippen LogP contribution in [0.2, 0.25) is 15.1 Å². The summed E-state index contributed by atoms with van der Waals surface area (Å²) in [5, 5.41) is 1.65. The fourth-order valence-electron chi connectivity index (χ4n) is 1.67. The summed E-state index contributed by atoms with van der Waals surface area (Å²) in [6.45, 7) is 0. The minimum absolute atomic E-state index is 0.181. The molecule has 0 saturated carbocycles. The molecular formula is C13H11Cl3N2. The Hall–Kier alpha value is -0.800. The van der Waals surface area contributed by atoms with Crippen molar-refractivity contribution in [3.63, 3.8) is 0 Å². The Labute approximate surface area is 121 Å². The molecule has 0 spiro atoms. The van der Waals surface area contributed by atoms with Crippen LogP contribution in [0.25, 0.3) is 0 Å². The summed E-state index contributed by atoms with van der Waals surface area (Å²) in [4.78, 5) is 3.94. The van der Waals surface area contributed by atoms with E-state index in [9.17, 15) is 0 Å². The molecule has 18 heavy (non-hydrogen) atoms. The summed E-state index contributed by atoms with van der Waals surface area (Å²) in [6.07, 6.45) is 3.93. The van der Waals surface area contributed by atoms with Gasteiger partial charge in [-0.25, -0.2) is 0 Å². The summed E-state index contributed by atoms with van der Waals surface area (Å²) in [5.41, 5.74) is 8.03. The quantitative estimate of drug-likeness (QED) is 0.918. The van der Waals surface area contributed by atoms with Crippen LogP contribution in [0.1, 0.15) is 17.2 Å². The fourth-order valence-corrected chi connectivity index (χ4v) is 2.17. The minimum Gasteiger partial charge on any atom is -0.324 e. The van der Waals surface area contributed by atoms with Crippen molar-refractivity contribution < 1.29 is 0 Å². The maximum absolute atomic E-state index is 6.13. The molecule has 1 aromatic heterocycles. The Morgan fingerprint density at radius 1 is 1.06 bits per heavy atom. The van der Waals surface area contributed by atoms with Gasteiger partial charge in [0.15, 0.2) is 0 Å². The SMILES string of the molecule is NC(Cc1ccncc1Cl)c1ccc(Cl)c(Cl)c1. The monoisotopic (exact) mass is 300 g/mol. The van der Waals surface area contributed by atoms with Crippen LogP contribution in [0.5, 0.6) is 0 Å². The van der Waals surface area contributed by atoms with Crippen molar-refractivity contribution in [3.8, 4) is 0 Å². The summed E-state index contributed by atoms with van der Waals surface area (Å²) < 4.78 is 0. The first-order valence-corrected chi connectivity index (χ1v) is 6.50. The number of hydrogen-bond acceptors (Lipinski definition) is 2. The average Bonchev–Trinajstić information content (AvgIpc) is 2.35. The molecule has 0 bridgehead atoms. The molecule has 94 valence electrons. The molecule has 0 amide bonds. The molecule has 0 saturated heterocycles. The predicted octanol–water partition coefficient (Wildman–Crippen LogP) is 4.28. The molecular weight excluding hydrogens is 291 g/mol. The van der Waals surface area contributed by atoms with Gasteiger partial charge in [0, 0.05) is 18.4 Å². The highest BCUT2D eigenvalue weighted by Gasteiger charge is 2.11. The van der Waals surface area contributed by atoms with E-state index in [0.29, 0.717) is 21.5 Å². The lowest BCUT2D eigenvalue weighted by Crippen LogP contribution is -2.13. The van der Waals surface area contributed by atoms with Gasteiger partial charge in [0.1, 0.15) is 0 Å². The number of rotatable bonds is 3. The molecule has 2 N–H and O–H groups in total. The topological polar surface area (TPSA) is 38.9 Å². The smallest absolute Gasteiger partial charge is 0.0622 e. The van der Waals surface area contributed by atoms with Gasteiger partial charge in [0.05, 0.1) is 15.1 Å². The zero-order valence-electron chi connectivity index (χ0n) is 9.41. The Kier molecular flexibility index (Phi) is 4.46. The van der Waals surface area contributed by atoms with Gasteiger partial charge in [-0.05, 0) is 35.7 Å². The predicted molar refractivity (Wildman–Crippen MR) is 76.3 cm³/mol. The molecule has 1 heterocycles. The average molecular weight is 302 g/mol. The van der Waals surface area contributed by atoms with Crippen molar-refractivity contribution in [1.29, 1.82) is 0 Å². The van der Waals surface area contributed by atoms with E-state index in [-0.39, 0.29) is 6.04 Å². The van der Waals surface area contributed by atoms with Crippen LogP contribution in [0.4, 0.5) is 0 Å². The van der Waals surface area contributed by atoms with Gasteiger partial charge < -0.3 is 5.73 Å². The van der Waals surface area contributed by atoms with Crippen LogP contribution in [0.15, 0.2) is 36.7 Å². The zero-order chi connectivity index (χ0) is 13.1. The van der Waals surface area contributed by atoms with Gasteiger partial charge in [-0.1, -0.05) is 40.9 Å². The third-order valence-electron chi connectivity index (χ3n) is 2.67. The van der Waals surface area contributed by atoms with Crippen molar-refractivity contribution in [3.05, 3.63) is 62.9 Å². The first-order valence-electron chi connectivity index (χ1n) is 5.37. The van der Waals surface area contributed by atoms with Gasteiger partial charge in [0.25, 0.3) is 0 Å². The minimum atomic E-state index is -0.181. The highest BCUT2D eigenvalue weighted by molar-refractivity contribution is 6.42. The molecule has 5 heteroatoms. The molecule has 0 fully saturated rings. The second kappa shape index (κ2) is 5.89. The molecule has 2 nitrogen and oxygen atoms in total. The van der Waals surface area contributed by atoms with E-state index in [1.165, 1.54) is 0 Å². The number of nitrogens with two attached hydrogens (primary N) is 1. The first-order chi connectivity index (χ1) is 8.58. The van der Waals surface area contributed by atoms with Gasteiger partial charge in [-0.15, -0.1) is 0 Å². The zero-order valence-corrected chi connectivity index (χ0v) is 11.7. The molecule has 1 aromatic carbocycles. The van der Waals surface area contributed by atoms with Gasteiger partial charge in [-0.3, -0.25) is 4.98 Å². The molecule has 0 aliphatic heterocycles. The molecule has 0 aliphatic carbocycles. The molecule has 2 rings (SSSR count). The number of benzene rings is 1. The van der Waals surface area contributed by atoms with Gasteiger partial charge in [-0.2, -0.15) is 0 Å². The maximum Gasteiger partial charge on any atom is 0.0622 e.